The Hall–Kier alpha value is -2.25. The molecule has 8 heteroatoms. The summed E-state index contributed by atoms with van der Waals surface area (Å²) in [5.74, 6) is 1.15. The van der Waals surface area contributed by atoms with Crippen molar-refractivity contribution in [3.63, 3.8) is 0 Å². The van der Waals surface area contributed by atoms with E-state index in [2.05, 4.69) is 24.1 Å². The van der Waals surface area contributed by atoms with E-state index in [0.29, 0.717) is 22.4 Å². The van der Waals surface area contributed by atoms with Gasteiger partial charge in [0.2, 0.25) is 5.91 Å². The second-order valence-electron chi connectivity index (χ2n) is 7.85. The molecule has 0 bridgehead atoms. The van der Waals surface area contributed by atoms with Crippen LogP contribution < -0.4 is 10.2 Å². The SMILES string of the molecule is Cc1sc2nc(-c3cc(Cl)ccn3)nc(N(C)CC(=O)NC(C)(C)C)c2c1C. The number of aromatic nitrogens is 3. The van der Waals surface area contributed by atoms with Gasteiger partial charge in [0.15, 0.2) is 5.82 Å². The summed E-state index contributed by atoms with van der Waals surface area (Å²) in [5, 5.41) is 4.54. The maximum absolute atomic E-state index is 12.4. The van der Waals surface area contributed by atoms with E-state index in [1.165, 1.54) is 4.88 Å². The number of carbonyl (C=O) groups excluding carboxylic acids is 1. The van der Waals surface area contributed by atoms with Crippen molar-refractivity contribution in [2.75, 3.05) is 18.5 Å². The fourth-order valence-corrected chi connectivity index (χ4v) is 4.08. The van der Waals surface area contributed by atoms with Crippen LogP contribution in [-0.4, -0.2) is 40.0 Å². The molecule has 3 aromatic heterocycles. The van der Waals surface area contributed by atoms with Crippen molar-refractivity contribution in [1.82, 2.24) is 20.3 Å². The third-order valence-corrected chi connectivity index (χ3v) is 5.55. The second-order valence-corrected chi connectivity index (χ2v) is 9.49. The number of hydrogen-bond donors (Lipinski definition) is 1. The van der Waals surface area contributed by atoms with Crippen LogP contribution >= 0.6 is 22.9 Å². The lowest BCUT2D eigenvalue weighted by atomic mass is 10.1. The molecule has 0 fully saturated rings. The summed E-state index contributed by atoms with van der Waals surface area (Å²) in [6.45, 7) is 10.2. The van der Waals surface area contributed by atoms with Gasteiger partial charge in [-0.1, -0.05) is 11.6 Å². The first-order valence-corrected chi connectivity index (χ1v) is 10.2. The first-order valence-electron chi connectivity index (χ1n) is 8.97. The van der Waals surface area contributed by atoms with Crippen LogP contribution in [0.25, 0.3) is 21.7 Å². The topological polar surface area (TPSA) is 71.0 Å². The third-order valence-electron chi connectivity index (χ3n) is 4.22. The molecule has 1 N–H and O–H groups in total. The van der Waals surface area contributed by atoms with Gasteiger partial charge in [0.25, 0.3) is 0 Å². The summed E-state index contributed by atoms with van der Waals surface area (Å²) in [4.78, 5) is 30.2. The standard InChI is InChI=1S/C20H24ClN5OS/c1-11-12(2)28-19-16(11)18(26(6)10-15(27)25-20(3,4)5)23-17(24-19)14-9-13(21)7-8-22-14/h7-9H,10H2,1-6H3,(H,25,27). The second kappa shape index (κ2) is 7.64. The third kappa shape index (κ3) is 4.42. The van der Waals surface area contributed by atoms with Gasteiger partial charge in [-0.3, -0.25) is 9.78 Å². The van der Waals surface area contributed by atoms with Crippen molar-refractivity contribution in [2.45, 2.75) is 40.2 Å². The molecule has 0 aliphatic heterocycles. The highest BCUT2D eigenvalue weighted by atomic mass is 35.5. The van der Waals surface area contributed by atoms with Gasteiger partial charge in [-0.2, -0.15) is 0 Å². The largest absolute Gasteiger partial charge is 0.350 e. The average molecular weight is 418 g/mol. The van der Waals surface area contributed by atoms with Crippen molar-refractivity contribution >= 4 is 44.9 Å². The van der Waals surface area contributed by atoms with Crippen LogP contribution in [0.5, 0.6) is 0 Å². The van der Waals surface area contributed by atoms with Crippen LogP contribution in [-0.2, 0) is 4.79 Å². The number of aryl methyl sites for hydroxylation is 2. The summed E-state index contributed by atoms with van der Waals surface area (Å²) in [7, 11) is 1.87. The van der Waals surface area contributed by atoms with Gasteiger partial charge >= 0.3 is 0 Å². The number of thiophene rings is 1. The van der Waals surface area contributed by atoms with E-state index in [0.717, 1.165) is 15.8 Å². The molecular formula is C20H24ClN5OS. The minimum absolute atomic E-state index is 0.0613. The van der Waals surface area contributed by atoms with E-state index in [9.17, 15) is 4.79 Å². The number of carbonyl (C=O) groups is 1. The van der Waals surface area contributed by atoms with Crippen LogP contribution in [0.3, 0.4) is 0 Å². The molecule has 6 nitrogen and oxygen atoms in total. The highest BCUT2D eigenvalue weighted by molar-refractivity contribution is 7.18. The molecule has 1 amide bonds. The van der Waals surface area contributed by atoms with Gasteiger partial charge in [-0.15, -0.1) is 11.3 Å². The zero-order valence-corrected chi connectivity index (χ0v) is 18.5. The number of pyridine rings is 1. The fraction of sp³-hybridized carbons (Fsp3) is 0.400. The van der Waals surface area contributed by atoms with Crippen LogP contribution in [0.4, 0.5) is 5.82 Å². The molecule has 3 aromatic rings. The Balaban J connectivity index is 2.07. The number of halogens is 1. The molecule has 0 atom stereocenters. The number of amides is 1. The highest BCUT2D eigenvalue weighted by Crippen LogP contribution is 2.36. The zero-order valence-electron chi connectivity index (χ0n) is 16.9. The number of hydrogen-bond acceptors (Lipinski definition) is 6. The van der Waals surface area contributed by atoms with Crippen molar-refractivity contribution in [2.24, 2.45) is 0 Å². The van der Waals surface area contributed by atoms with E-state index in [-0.39, 0.29) is 18.0 Å². The van der Waals surface area contributed by atoms with Crippen molar-refractivity contribution in [1.29, 1.82) is 0 Å². The van der Waals surface area contributed by atoms with Crippen LogP contribution in [0, 0.1) is 13.8 Å². The minimum Gasteiger partial charge on any atom is -0.350 e. The fourth-order valence-electron chi connectivity index (χ4n) is 2.89. The predicted octanol–water partition coefficient (Wildman–Crippen LogP) is 4.37. The van der Waals surface area contributed by atoms with Crippen molar-refractivity contribution in [3.05, 3.63) is 33.8 Å². The van der Waals surface area contributed by atoms with E-state index in [1.54, 1.807) is 29.7 Å². The van der Waals surface area contributed by atoms with Crippen LogP contribution in [0.2, 0.25) is 5.02 Å². The van der Waals surface area contributed by atoms with Gasteiger partial charge in [0, 0.05) is 28.7 Å². The molecule has 0 saturated carbocycles. The Labute approximate surface area is 174 Å². The number of anilines is 1. The lowest BCUT2D eigenvalue weighted by molar-refractivity contribution is -0.121. The summed E-state index contributed by atoms with van der Waals surface area (Å²) < 4.78 is 0. The molecule has 3 heterocycles. The molecule has 148 valence electrons. The maximum Gasteiger partial charge on any atom is 0.239 e. The molecule has 0 unspecified atom stereocenters. The Kier molecular flexibility index (Phi) is 5.59. The monoisotopic (exact) mass is 417 g/mol. The minimum atomic E-state index is -0.288. The first-order chi connectivity index (χ1) is 13.0. The van der Waals surface area contributed by atoms with E-state index < -0.39 is 0 Å². The number of rotatable bonds is 4. The number of nitrogens with zero attached hydrogens (tertiary/aromatic N) is 4. The maximum atomic E-state index is 12.4. The Morgan fingerprint density at radius 3 is 2.64 bits per heavy atom. The highest BCUT2D eigenvalue weighted by Gasteiger charge is 2.21. The summed E-state index contributed by atoms with van der Waals surface area (Å²) in [6.07, 6.45) is 1.64. The predicted molar refractivity (Wildman–Crippen MR) is 116 cm³/mol. The summed E-state index contributed by atoms with van der Waals surface area (Å²) >= 11 is 7.73. The molecule has 0 aromatic carbocycles. The van der Waals surface area contributed by atoms with Crippen LogP contribution in [0.1, 0.15) is 31.2 Å². The lowest BCUT2D eigenvalue weighted by Gasteiger charge is -2.24. The first kappa shape index (κ1) is 20.5. The molecule has 3 rings (SSSR count). The van der Waals surface area contributed by atoms with E-state index in [4.69, 9.17) is 21.6 Å². The Morgan fingerprint density at radius 1 is 1.29 bits per heavy atom. The quantitative estimate of drug-likeness (QED) is 0.682. The molecule has 0 radical (unpaired) electrons. The molecule has 0 aliphatic carbocycles. The van der Waals surface area contributed by atoms with E-state index >= 15 is 0 Å². The number of fused-ring (bicyclic) bond motifs is 1. The molecule has 28 heavy (non-hydrogen) atoms. The molecular weight excluding hydrogens is 394 g/mol. The van der Waals surface area contributed by atoms with Gasteiger partial charge in [0.05, 0.1) is 11.9 Å². The van der Waals surface area contributed by atoms with Gasteiger partial charge in [-0.05, 0) is 52.3 Å². The van der Waals surface area contributed by atoms with Crippen molar-refractivity contribution in [3.8, 4) is 11.5 Å². The number of nitrogens with one attached hydrogen (secondary N) is 1. The summed E-state index contributed by atoms with van der Waals surface area (Å²) in [6, 6.07) is 3.46. The van der Waals surface area contributed by atoms with Gasteiger partial charge in [0.1, 0.15) is 16.3 Å². The molecule has 0 spiro atoms. The van der Waals surface area contributed by atoms with Crippen LogP contribution in [0.15, 0.2) is 18.3 Å². The van der Waals surface area contributed by atoms with Gasteiger partial charge in [-0.25, -0.2) is 9.97 Å². The smallest absolute Gasteiger partial charge is 0.239 e. The van der Waals surface area contributed by atoms with Crippen molar-refractivity contribution < 1.29 is 4.79 Å². The normalized spacial score (nSPS) is 11.7. The van der Waals surface area contributed by atoms with E-state index in [1.807, 2.05) is 32.7 Å². The Morgan fingerprint density at radius 2 is 2.00 bits per heavy atom. The molecule has 0 saturated heterocycles. The zero-order chi connectivity index (χ0) is 20.6. The van der Waals surface area contributed by atoms with Gasteiger partial charge < -0.3 is 10.2 Å². The molecule has 0 aliphatic rings. The summed E-state index contributed by atoms with van der Waals surface area (Å²) in [5.41, 5.74) is 1.44. The lowest BCUT2D eigenvalue weighted by Crippen LogP contribution is -2.45. The Bertz CT molecular complexity index is 1040. The average Bonchev–Trinajstić information content (AvgIpc) is 2.86. The number of likely N-dealkylation sites (N-methyl/N-ethyl adjacent to an activating group) is 1.